The Hall–Kier alpha value is -1.80. The molecule has 0 spiro atoms. The third-order valence-corrected chi connectivity index (χ3v) is 4.36. The lowest BCUT2D eigenvalue weighted by Crippen LogP contribution is -2.44. The molecule has 1 aromatic carbocycles. The molecule has 0 bridgehead atoms. The number of hydrogen-bond acceptors (Lipinski definition) is 6. The molecule has 3 N–H and O–H groups in total. The van der Waals surface area contributed by atoms with Crippen LogP contribution < -0.4 is 15.2 Å². The number of nitrogens with one attached hydrogen (secondary N) is 1. The van der Waals surface area contributed by atoms with Crippen molar-refractivity contribution in [1.82, 2.24) is 4.72 Å². The van der Waals surface area contributed by atoms with Crippen molar-refractivity contribution in [3.8, 4) is 5.75 Å². The molecule has 0 aliphatic heterocycles. The fourth-order valence-corrected chi connectivity index (χ4v) is 3.20. The first-order valence-corrected chi connectivity index (χ1v) is 7.75. The van der Waals surface area contributed by atoms with Gasteiger partial charge in [-0.3, -0.25) is 4.79 Å². The van der Waals surface area contributed by atoms with Crippen molar-refractivity contribution in [1.29, 1.82) is 0 Å². The number of nitrogen functional groups attached to an aromatic ring is 1. The molecule has 21 heavy (non-hydrogen) atoms. The van der Waals surface area contributed by atoms with Gasteiger partial charge in [-0.15, -0.1) is 0 Å². The van der Waals surface area contributed by atoms with Crippen LogP contribution in [0.4, 0.5) is 5.69 Å². The highest BCUT2D eigenvalue weighted by Crippen LogP contribution is 2.26. The second kappa shape index (κ2) is 6.77. The van der Waals surface area contributed by atoms with Crippen LogP contribution in [0.3, 0.4) is 0 Å². The first kappa shape index (κ1) is 17.3. The van der Waals surface area contributed by atoms with E-state index in [2.05, 4.69) is 9.46 Å². The van der Waals surface area contributed by atoms with E-state index in [1.165, 1.54) is 32.4 Å². The van der Waals surface area contributed by atoms with Crippen LogP contribution in [-0.2, 0) is 19.6 Å². The molecule has 1 aromatic rings. The highest BCUT2D eigenvalue weighted by Gasteiger charge is 2.30. The Morgan fingerprint density at radius 3 is 2.38 bits per heavy atom. The Morgan fingerprint density at radius 1 is 1.29 bits per heavy atom. The van der Waals surface area contributed by atoms with Crippen molar-refractivity contribution in [2.75, 3.05) is 20.0 Å². The number of anilines is 1. The number of rotatable bonds is 6. The predicted molar refractivity (Wildman–Crippen MR) is 78.4 cm³/mol. The second-order valence-corrected chi connectivity index (χ2v) is 6.46. The molecule has 0 aliphatic carbocycles. The maximum absolute atomic E-state index is 12.4. The van der Waals surface area contributed by atoms with Gasteiger partial charge in [0.25, 0.3) is 0 Å². The van der Waals surface area contributed by atoms with Gasteiger partial charge >= 0.3 is 5.97 Å². The SMILES string of the molecule is COC(=O)C(NS(=O)(=O)c1ccc(N)cc1OC)C(C)C. The summed E-state index contributed by atoms with van der Waals surface area (Å²) in [6.45, 7) is 3.43. The van der Waals surface area contributed by atoms with Gasteiger partial charge in [-0.2, -0.15) is 4.72 Å². The average Bonchev–Trinajstić information content (AvgIpc) is 2.43. The summed E-state index contributed by atoms with van der Waals surface area (Å²) in [6.07, 6.45) is 0. The number of sulfonamides is 1. The molecule has 0 amide bonds. The van der Waals surface area contributed by atoms with Gasteiger partial charge in [-0.1, -0.05) is 13.8 Å². The topological polar surface area (TPSA) is 108 Å². The van der Waals surface area contributed by atoms with E-state index in [1.807, 2.05) is 0 Å². The monoisotopic (exact) mass is 316 g/mol. The van der Waals surface area contributed by atoms with Crippen LogP contribution in [-0.4, -0.2) is 34.6 Å². The number of hydrogen-bond donors (Lipinski definition) is 2. The smallest absolute Gasteiger partial charge is 0.324 e. The van der Waals surface area contributed by atoms with Crippen LogP contribution in [0, 0.1) is 5.92 Å². The largest absolute Gasteiger partial charge is 0.495 e. The first-order chi connectivity index (χ1) is 9.72. The zero-order chi connectivity index (χ0) is 16.2. The molecular weight excluding hydrogens is 296 g/mol. The second-order valence-electron chi connectivity index (χ2n) is 4.78. The standard InChI is InChI=1S/C13H20N2O5S/c1-8(2)12(13(16)20-4)15-21(17,18)11-6-5-9(14)7-10(11)19-3/h5-8,12,15H,14H2,1-4H3. The number of carbonyl (C=O) groups excluding carboxylic acids is 1. The van der Waals surface area contributed by atoms with E-state index >= 15 is 0 Å². The van der Waals surface area contributed by atoms with Crippen molar-refractivity contribution >= 4 is 21.7 Å². The zero-order valence-corrected chi connectivity index (χ0v) is 13.2. The maximum atomic E-state index is 12.4. The van der Waals surface area contributed by atoms with Crippen molar-refractivity contribution in [2.24, 2.45) is 5.92 Å². The zero-order valence-electron chi connectivity index (χ0n) is 12.4. The van der Waals surface area contributed by atoms with Crippen molar-refractivity contribution < 1.29 is 22.7 Å². The van der Waals surface area contributed by atoms with Crippen molar-refractivity contribution in [3.63, 3.8) is 0 Å². The van der Waals surface area contributed by atoms with Gasteiger partial charge in [0, 0.05) is 11.8 Å². The van der Waals surface area contributed by atoms with Gasteiger partial charge in [0.1, 0.15) is 16.7 Å². The Kier molecular flexibility index (Phi) is 5.56. The number of carbonyl (C=O) groups is 1. The van der Waals surface area contributed by atoms with Gasteiger partial charge < -0.3 is 15.2 Å². The summed E-state index contributed by atoms with van der Waals surface area (Å²) in [6, 6.07) is 3.18. The van der Waals surface area contributed by atoms with E-state index in [-0.39, 0.29) is 16.6 Å². The molecule has 0 saturated carbocycles. The third-order valence-electron chi connectivity index (χ3n) is 2.88. The minimum Gasteiger partial charge on any atom is -0.495 e. The lowest BCUT2D eigenvalue weighted by Gasteiger charge is -2.20. The summed E-state index contributed by atoms with van der Waals surface area (Å²) in [4.78, 5) is 11.6. The molecule has 0 heterocycles. The quantitative estimate of drug-likeness (QED) is 0.592. The Balaban J connectivity index is 3.19. The van der Waals surface area contributed by atoms with Gasteiger partial charge in [0.15, 0.2) is 0 Å². The molecule has 1 rings (SSSR count). The fraction of sp³-hybridized carbons (Fsp3) is 0.462. The Bertz CT molecular complexity index is 613. The molecule has 0 aromatic heterocycles. The van der Waals surface area contributed by atoms with Crippen molar-refractivity contribution in [2.45, 2.75) is 24.8 Å². The summed E-state index contributed by atoms with van der Waals surface area (Å²) in [5.41, 5.74) is 5.97. The average molecular weight is 316 g/mol. The van der Waals surface area contributed by atoms with Gasteiger partial charge in [0.2, 0.25) is 10.0 Å². The molecular formula is C13H20N2O5S. The normalized spacial score (nSPS) is 13.0. The molecule has 118 valence electrons. The van der Waals surface area contributed by atoms with Crippen LogP contribution in [0.15, 0.2) is 23.1 Å². The fourth-order valence-electron chi connectivity index (χ4n) is 1.72. The number of benzene rings is 1. The number of methoxy groups -OCH3 is 2. The molecule has 8 heteroatoms. The lowest BCUT2D eigenvalue weighted by molar-refractivity contribution is -0.143. The van der Waals surface area contributed by atoms with Gasteiger partial charge in [-0.05, 0) is 18.1 Å². The highest BCUT2D eigenvalue weighted by molar-refractivity contribution is 7.89. The number of esters is 1. The third kappa shape index (κ3) is 4.08. The summed E-state index contributed by atoms with van der Waals surface area (Å²) in [5.74, 6) is -0.815. The van der Waals surface area contributed by atoms with Gasteiger partial charge in [0.05, 0.1) is 14.2 Å². The Morgan fingerprint density at radius 2 is 1.90 bits per heavy atom. The van der Waals surface area contributed by atoms with Crippen LogP contribution in [0.25, 0.3) is 0 Å². The van der Waals surface area contributed by atoms with Crippen LogP contribution in [0.5, 0.6) is 5.75 Å². The van der Waals surface area contributed by atoms with E-state index in [1.54, 1.807) is 13.8 Å². The van der Waals surface area contributed by atoms with Crippen LogP contribution >= 0.6 is 0 Å². The Labute approximate surface area is 124 Å². The number of nitrogens with two attached hydrogens (primary N) is 1. The van der Waals surface area contributed by atoms with Crippen LogP contribution in [0.2, 0.25) is 0 Å². The molecule has 0 aliphatic rings. The highest BCUT2D eigenvalue weighted by atomic mass is 32.2. The minimum atomic E-state index is -3.95. The summed E-state index contributed by atoms with van der Waals surface area (Å²) >= 11 is 0. The lowest BCUT2D eigenvalue weighted by atomic mass is 10.1. The van der Waals surface area contributed by atoms with E-state index in [0.29, 0.717) is 5.69 Å². The van der Waals surface area contributed by atoms with E-state index in [4.69, 9.17) is 10.5 Å². The molecule has 7 nitrogen and oxygen atoms in total. The summed E-state index contributed by atoms with van der Waals surface area (Å²) < 4.78 is 36.8. The first-order valence-electron chi connectivity index (χ1n) is 6.26. The van der Waals surface area contributed by atoms with E-state index in [0.717, 1.165) is 0 Å². The maximum Gasteiger partial charge on any atom is 0.324 e. The van der Waals surface area contributed by atoms with Crippen LogP contribution in [0.1, 0.15) is 13.8 Å². The van der Waals surface area contributed by atoms with E-state index < -0.39 is 22.0 Å². The molecule has 0 saturated heterocycles. The number of ether oxygens (including phenoxy) is 2. The molecule has 1 atom stereocenters. The predicted octanol–water partition coefficient (Wildman–Crippen LogP) is 0.753. The summed E-state index contributed by atoms with van der Waals surface area (Å²) in [7, 11) is -1.41. The van der Waals surface area contributed by atoms with Gasteiger partial charge in [-0.25, -0.2) is 8.42 Å². The molecule has 0 radical (unpaired) electrons. The van der Waals surface area contributed by atoms with Crippen molar-refractivity contribution in [3.05, 3.63) is 18.2 Å². The summed E-state index contributed by atoms with van der Waals surface area (Å²) in [5, 5.41) is 0. The van der Waals surface area contributed by atoms with E-state index in [9.17, 15) is 13.2 Å². The molecule has 0 fully saturated rings. The molecule has 1 unspecified atom stereocenters. The minimum absolute atomic E-state index is 0.0891.